The zero-order chi connectivity index (χ0) is 8.97. The van der Waals surface area contributed by atoms with Crippen molar-refractivity contribution in [2.75, 3.05) is 0 Å². The second-order valence-electron chi connectivity index (χ2n) is 2.92. The fourth-order valence-corrected chi connectivity index (χ4v) is 1.40. The van der Waals surface area contributed by atoms with Gasteiger partial charge in [0.2, 0.25) is 0 Å². The van der Waals surface area contributed by atoms with E-state index in [0.29, 0.717) is 11.7 Å². The summed E-state index contributed by atoms with van der Waals surface area (Å²) < 4.78 is 0. The van der Waals surface area contributed by atoms with E-state index in [4.69, 9.17) is 0 Å². The summed E-state index contributed by atoms with van der Waals surface area (Å²) in [6, 6.07) is 3.45. The van der Waals surface area contributed by atoms with Crippen LogP contribution >= 0.6 is 0 Å². The van der Waals surface area contributed by atoms with Crippen LogP contribution in [0.2, 0.25) is 0 Å². The highest BCUT2D eigenvalue weighted by Gasteiger charge is 2.11. The van der Waals surface area contributed by atoms with Crippen molar-refractivity contribution in [3.05, 3.63) is 24.0 Å². The smallest absolute Gasteiger partial charge is 0.137 e. The van der Waals surface area contributed by atoms with E-state index in [9.17, 15) is 5.11 Å². The van der Waals surface area contributed by atoms with Crippen molar-refractivity contribution in [1.82, 2.24) is 4.98 Å². The molecule has 0 atom stereocenters. The van der Waals surface area contributed by atoms with Crippen molar-refractivity contribution in [3.63, 3.8) is 0 Å². The second kappa shape index (κ2) is 4.10. The van der Waals surface area contributed by atoms with E-state index in [1.54, 1.807) is 18.3 Å². The number of hydrogen-bond acceptors (Lipinski definition) is 2. The highest BCUT2D eigenvalue weighted by Crippen LogP contribution is 2.27. The Morgan fingerprint density at radius 1 is 1.42 bits per heavy atom. The highest BCUT2D eigenvalue weighted by molar-refractivity contribution is 5.27. The van der Waals surface area contributed by atoms with Crippen molar-refractivity contribution < 1.29 is 5.11 Å². The van der Waals surface area contributed by atoms with Gasteiger partial charge in [0.05, 0.1) is 5.69 Å². The Morgan fingerprint density at radius 2 is 2.08 bits per heavy atom. The number of nitrogens with zero attached hydrogens (tertiary/aromatic N) is 1. The third-order valence-electron chi connectivity index (χ3n) is 2.19. The number of hydrogen-bond donors (Lipinski definition) is 1. The zero-order valence-electron chi connectivity index (χ0n) is 7.62. The van der Waals surface area contributed by atoms with Crippen molar-refractivity contribution in [3.8, 4) is 5.75 Å². The van der Waals surface area contributed by atoms with Crippen molar-refractivity contribution in [2.45, 2.75) is 32.6 Å². The largest absolute Gasteiger partial charge is 0.506 e. The van der Waals surface area contributed by atoms with Gasteiger partial charge in [0.25, 0.3) is 0 Å². The molecule has 0 spiro atoms. The predicted octanol–water partition coefficient (Wildman–Crippen LogP) is 2.69. The zero-order valence-corrected chi connectivity index (χ0v) is 7.62. The van der Waals surface area contributed by atoms with Gasteiger partial charge in [-0.05, 0) is 25.0 Å². The van der Waals surface area contributed by atoms with E-state index >= 15 is 0 Å². The molecule has 66 valence electrons. The number of aromatic hydroxyl groups is 1. The van der Waals surface area contributed by atoms with Crippen LogP contribution in [0.1, 0.15) is 38.3 Å². The van der Waals surface area contributed by atoms with Crippen molar-refractivity contribution in [2.24, 2.45) is 0 Å². The average Bonchev–Trinajstić information content (AvgIpc) is 2.10. The molecule has 12 heavy (non-hydrogen) atoms. The molecule has 1 aromatic rings. The standard InChI is InChI=1S/C10H15NO/c1-3-8(4-2)10-9(12)6-5-7-11-10/h5-8,12H,3-4H2,1-2H3. The maximum absolute atomic E-state index is 9.48. The first-order valence-corrected chi connectivity index (χ1v) is 4.43. The van der Waals surface area contributed by atoms with Crippen LogP contribution in [0.15, 0.2) is 18.3 Å². The molecule has 0 aliphatic heterocycles. The van der Waals surface area contributed by atoms with Crippen LogP contribution in [0, 0.1) is 0 Å². The van der Waals surface area contributed by atoms with E-state index in [0.717, 1.165) is 18.5 Å². The summed E-state index contributed by atoms with van der Waals surface area (Å²) in [4.78, 5) is 4.17. The summed E-state index contributed by atoms with van der Waals surface area (Å²) >= 11 is 0. The Kier molecular flexibility index (Phi) is 3.09. The lowest BCUT2D eigenvalue weighted by molar-refractivity contribution is 0.451. The molecule has 0 saturated heterocycles. The summed E-state index contributed by atoms with van der Waals surface area (Å²) in [5.74, 6) is 0.720. The van der Waals surface area contributed by atoms with Crippen LogP contribution in [0.25, 0.3) is 0 Å². The summed E-state index contributed by atoms with van der Waals surface area (Å²) in [7, 11) is 0. The van der Waals surface area contributed by atoms with Gasteiger partial charge >= 0.3 is 0 Å². The van der Waals surface area contributed by atoms with Crippen molar-refractivity contribution in [1.29, 1.82) is 0 Å². The van der Waals surface area contributed by atoms with E-state index < -0.39 is 0 Å². The van der Waals surface area contributed by atoms with Gasteiger partial charge in [-0.25, -0.2) is 0 Å². The summed E-state index contributed by atoms with van der Waals surface area (Å²) in [6.07, 6.45) is 3.79. The Balaban J connectivity index is 2.92. The molecule has 1 heterocycles. The fourth-order valence-electron chi connectivity index (χ4n) is 1.40. The lowest BCUT2D eigenvalue weighted by Crippen LogP contribution is -1.98. The average molecular weight is 165 g/mol. The molecule has 1 aromatic heterocycles. The molecule has 0 fully saturated rings. The number of rotatable bonds is 3. The summed E-state index contributed by atoms with van der Waals surface area (Å²) in [6.45, 7) is 4.23. The lowest BCUT2D eigenvalue weighted by atomic mass is 9.98. The van der Waals surface area contributed by atoms with E-state index in [1.165, 1.54) is 0 Å². The molecule has 1 N–H and O–H groups in total. The molecular formula is C10H15NO. The van der Waals surface area contributed by atoms with Crippen LogP contribution in [0.5, 0.6) is 5.75 Å². The highest BCUT2D eigenvalue weighted by atomic mass is 16.3. The van der Waals surface area contributed by atoms with Crippen LogP contribution in [-0.4, -0.2) is 10.1 Å². The van der Waals surface area contributed by atoms with Gasteiger partial charge in [-0.15, -0.1) is 0 Å². The normalized spacial score (nSPS) is 10.6. The molecule has 0 unspecified atom stereocenters. The Hall–Kier alpha value is -1.05. The minimum absolute atomic E-state index is 0.325. The van der Waals surface area contributed by atoms with Gasteiger partial charge < -0.3 is 5.11 Å². The molecule has 1 rings (SSSR count). The molecule has 0 aromatic carbocycles. The Bertz CT molecular complexity index is 243. The molecule has 0 aliphatic rings. The quantitative estimate of drug-likeness (QED) is 0.747. The van der Waals surface area contributed by atoms with Gasteiger partial charge in [-0.1, -0.05) is 13.8 Å². The molecule has 0 radical (unpaired) electrons. The van der Waals surface area contributed by atoms with E-state index in [-0.39, 0.29) is 0 Å². The minimum atomic E-state index is 0.325. The Morgan fingerprint density at radius 3 is 2.58 bits per heavy atom. The van der Waals surface area contributed by atoms with Crippen LogP contribution in [0.3, 0.4) is 0 Å². The van der Waals surface area contributed by atoms with Crippen molar-refractivity contribution >= 4 is 0 Å². The van der Waals surface area contributed by atoms with Gasteiger partial charge in [0, 0.05) is 12.1 Å². The topological polar surface area (TPSA) is 33.1 Å². The van der Waals surface area contributed by atoms with Gasteiger partial charge in [0.1, 0.15) is 5.75 Å². The van der Waals surface area contributed by atoms with Gasteiger partial charge in [-0.2, -0.15) is 0 Å². The van der Waals surface area contributed by atoms with Crippen LogP contribution < -0.4 is 0 Å². The van der Waals surface area contributed by atoms with E-state index in [1.807, 2.05) is 0 Å². The molecule has 2 nitrogen and oxygen atoms in total. The summed E-state index contributed by atoms with van der Waals surface area (Å²) in [5, 5.41) is 9.48. The second-order valence-corrected chi connectivity index (χ2v) is 2.92. The third-order valence-corrected chi connectivity index (χ3v) is 2.19. The van der Waals surface area contributed by atoms with Gasteiger partial charge in [0.15, 0.2) is 0 Å². The molecule has 2 heteroatoms. The molecule has 0 amide bonds. The number of aromatic nitrogens is 1. The number of pyridine rings is 1. The fraction of sp³-hybridized carbons (Fsp3) is 0.500. The molecular weight excluding hydrogens is 150 g/mol. The van der Waals surface area contributed by atoms with Gasteiger partial charge in [-0.3, -0.25) is 4.98 Å². The lowest BCUT2D eigenvalue weighted by Gasteiger charge is -2.12. The molecule has 0 aliphatic carbocycles. The predicted molar refractivity (Wildman–Crippen MR) is 49.2 cm³/mol. The molecule has 0 saturated carbocycles. The van der Waals surface area contributed by atoms with E-state index in [2.05, 4.69) is 18.8 Å². The maximum Gasteiger partial charge on any atom is 0.137 e. The Labute approximate surface area is 73.3 Å². The monoisotopic (exact) mass is 165 g/mol. The SMILES string of the molecule is CCC(CC)c1ncccc1O. The first-order chi connectivity index (χ1) is 5.79. The first kappa shape index (κ1) is 9.04. The maximum atomic E-state index is 9.48. The third kappa shape index (κ3) is 1.76. The molecule has 0 bridgehead atoms. The minimum Gasteiger partial charge on any atom is -0.506 e. The van der Waals surface area contributed by atoms with Crippen LogP contribution in [0.4, 0.5) is 0 Å². The van der Waals surface area contributed by atoms with Crippen LogP contribution in [-0.2, 0) is 0 Å². The first-order valence-electron chi connectivity index (χ1n) is 4.43. The summed E-state index contributed by atoms with van der Waals surface area (Å²) in [5.41, 5.74) is 0.836.